The number of benzene rings is 3. The minimum Gasteiger partial charge on any atom is -0.486 e. The molecule has 0 radical (unpaired) electrons. The van der Waals surface area contributed by atoms with Crippen LogP contribution in [0.3, 0.4) is 0 Å². The number of carbonyl (C=O) groups is 1. The van der Waals surface area contributed by atoms with Gasteiger partial charge in [0.2, 0.25) is 5.91 Å². The van der Waals surface area contributed by atoms with Crippen LogP contribution in [0, 0.1) is 12.7 Å². The van der Waals surface area contributed by atoms with E-state index in [4.69, 9.17) is 19.9 Å². The van der Waals surface area contributed by atoms with Gasteiger partial charge in [-0.2, -0.15) is 14.9 Å². The summed E-state index contributed by atoms with van der Waals surface area (Å²) in [7, 11) is 2.55. The third-order valence-electron chi connectivity index (χ3n) is 9.60. The van der Waals surface area contributed by atoms with Crippen LogP contribution in [0.25, 0.3) is 27.8 Å². The highest BCUT2D eigenvalue weighted by molar-refractivity contribution is 7.28. The van der Waals surface area contributed by atoms with Gasteiger partial charge in [-0.1, -0.05) is 43.0 Å². The van der Waals surface area contributed by atoms with Gasteiger partial charge in [-0.3, -0.25) is 4.79 Å². The molecule has 1 saturated heterocycles. The van der Waals surface area contributed by atoms with Crippen molar-refractivity contribution in [1.82, 2.24) is 29.4 Å². The fourth-order valence-corrected chi connectivity index (χ4v) is 7.51. The molecule has 1 aliphatic carbocycles. The highest BCUT2D eigenvalue weighted by Gasteiger charge is 2.36. The predicted octanol–water partition coefficient (Wildman–Crippen LogP) is 4.63. The molecule has 8 rings (SSSR count). The highest BCUT2D eigenvalue weighted by Crippen LogP contribution is 2.47. The molecule has 0 N–H and O–H groups in total. The molecule has 4 heterocycles. The molecule has 12 heteroatoms. The number of halogens is 1. The van der Waals surface area contributed by atoms with Crippen LogP contribution < -0.4 is 20.6 Å². The molecule has 0 bridgehead atoms. The second kappa shape index (κ2) is 11.7. The van der Waals surface area contributed by atoms with Crippen LogP contribution in [0.5, 0.6) is 5.75 Å². The molecule has 0 spiro atoms. The van der Waals surface area contributed by atoms with E-state index < -0.39 is 5.69 Å². The summed E-state index contributed by atoms with van der Waals surface area (Å²) in [4.78, 5) is 37.1. The molecule has 1 saturated carbocycles. The van der Waals surface area contributed by atoms with Crippen LogP contribution >= 0.6 is 9.24 Å². The molecule has 2 atom stereocenters. The highest BCUT2D eigenvalue weighted by atomic mass is 31.0. The maximum absolute atomic E-state index is 15.1. The number of hydrogen-bond acceptors (Lipinski definition) is 7. The number of ether oxygens (including phenoxy) is 1. The lowest BCUT2D eigenvalue weighted by atomic mass is 9.91. The first-order chi connectivity index (χ1) is 23.2. The van der Waals surface area contributed by atoms with Crippen molar-refractivity contribution in [1.29, 1.82) is 0 Å². The maximum Gasteiger partial charge on any atom is 0.356 e. The Bertz CT molecular complexity index is 2190. The van der Waals surface area contributed by atoms with Gasteiger partial charge in [-0.25, -0.2) is 13.8 Å². The fourth-order valence-electron chi connectivity index (χ4n) is 7.09. The van der Waals surface area contributed by atoms with Gasteiger partial charge in [0.25, 0.3) is 0 Å². The number of piperazine rings is 1. The average Bonchev–Trinajstić information content (AvgIpc) is 3.86. The quantitative estimate of drug-likeness (QED) is 0.193. The van der Waals surface area contributed by atoms with Crippen molar-refractivity contribution >= 4 is 37.2 Å². The standard InChI is InChI=1S/C36H35FN7O3P/c1-4-27(45)41-14-15-42(21(3)17-41)34-25-16-20(2)28-29-24(12-13-26(37)33(29)48)19-47-32(28)31(25)44(36(46)38-34)35-30(23-10-11-23)39-43(40-35)18-22-8-6-5-7-9-22/h4-9,12-13,16,21,23H,1,10-11,14-15,17-19,48H2,2-3H3/t21-/m0/s1. The zero-order valence-corrected chi connectivity index (χ0v) is 28.0. The minimum atomic E-state index is -0.506. The molecule has 5 aromatic rings. The minimum absolute atomic E-state index is 0.126. The van der Waals surface area contributed by atoms with Gasteiger partial charge in [0.1, 0.15) is 29.5 Å². The Morgan fingerprint density at radius 1 is 1.10 bits per heavy atom. The van der Waals surface area contributed by atoms with Crippen LogP contribution in [0.15, 0.2) is 66.0 Å². The molecule has 3 aromatic carbocycles. The van der Waals surface area contributed by atoms with E-state index in [0.29, 0.717) is 59.8 Å². The molecule has 48 heavy (non-hydrogen) atoms. The zero-order valence-electron chi connectivity index (χ0n) is 26.8. The first kappa shape index (κ1) is 30.4. The normalized spacial score (nSPS) is 17.2. The summed E-state index contributed by atoms with van der Waals surface area (Å²) >= 11 is 0. The van der Waals surface area contributed by atoms with Gasteiger partial charge >= 0.3 is 5.69 Å². The number of anilines is 1. The number of amides is 1. The van der Waals surface area contributed by atoms with Gasteiger partial charge in [-0.15, -0.1) is 14.3 Å². The Morgan fingerprint density at radius 2 is 1.90 bits per heavy atom. The van der Waals surface area contributed by atoms with Crippen molar-refractivity contribution in [2.24, 2.45) is 0 Å². The maximum atomic E-state index is 15.1. The molecule has 2 aromatic heterocycles. The third kappa shape index (κ3) is 4.99. The number of hydrogen-bond donors (Lipinski definition) is 0. The molecule has 2 aliphatic heterocycles. The molecule has 10 nitrogen and oxygen atoms in total. The summed E-state index contributed by atoms with van der Waals surface area (Å²) < 4.78 is 23.2. The van der Waals surface area contributed by atoms with E-state index in [0.717, 1.165) is 46.4 Å². The van der Waals surface area contributed by atoms with Gasteiger partial charge in [0, 0.05) is 53.4 Å². The van der Waals surface area contributed by atoms with Crippen LogP contribution in [0.1, 0.15) is 48.1 Å². The molecule has 3 aliphatic rings. The van der Waals surface area contributed by atoms with Gasteiger partial charge in [0.15, 0.2) is 11.6 Å². The summed E-state index contributed by atoms with van der Waals surface area (Å²) in [6, 6.07) is 15.0. The van der Waals surface area contributed by atoms with E-state index in [1.54, 1.807) is 20.3 Å². The lowest BCUT2D eigenvalue weighted by molar-refractivity contribution is -0.126. The zero-order chi connectivity index (χ0) is 33.3. The Kier molecular flexibility index (Phi) is 7.40. The Morgan fingerprint density at radius 3 is 2.62 bits per heavy atom. The molecule has 1 amide bonds. The number of fused-ring (bicyclic) bond motifs is 5. The SMILES string of the molecule is C=CC(=O)N1CCN(c2nc(=O)n(-c3nn(Cc4ccccc4)nc3C3CC3)c3c4c(c(C)cc23)-c2c(ccc(F)c2P)CO4)[C@@H](C)C1. The first-order valence-corrected chi connectivity index (χ1v) is 16.8. The van der Waals surface area contributed by atoms with E-state index in [1.807, 2.05) is 50.2 Å². The molecular formula is C36H35FN7O3P. The average molecular weight is 664 g/mol. The monoisotopic (exact) mass is 663 g/mol. The molecular weight excluding hydrogens is 628 g/mol. The molecule has 1 unspecified atom stereocenters. The summed E-state index contributed by atoms with van der Waals surface area (Å²) in [6.45, 7) is 9.69. The van der Waals surface area contributed by atoms with Crippen molar-refractivity contribution in [2.75, 3.05) is 24.5 Å². The van der Waals surface area contributed by atoms with Gasteiger partial charge in [0.05, 0.1) is 6.54 Å². The molecule has 2 fully saturated rings. The summed E-state index contributed by atoms with van der Waals surface area (Å²) in [5.41, 5.74) is 5.02. The Labute approximate surface area is 279 Å². The Balaban J connectivity index is 1.38. The van der Waals surface area contributed by atoms with E-state index in [2.05, 4.69) is 20.7 Å². The van der Waals surface area contributed by atoms with E-state index in [-0.39, 0.29) is 30.3 Å². The predicted molar refractivity (Wildman–Crippen MR) is 186 cm³/mol. The summed E-state index contributed by atoms with van der Waals surface area (Å²) in [6.07, 6.45) is 3.24. The lowest BCUT2D eigenvalue weighted by Gasteiger charge is -2.40. The van der Waals surface area contributed by atoms with E-state index >= 15 is 4.39 Å². The van der Waals surface area contributed by atoms with Gasteiger partial charge < -0.3 is 14.5 Å². The van der Waals surface area contributed by atoms with Crippen LogP contribution in [0.4, 0.5) is 10.2 Å². The van der Waals surface area contributed by atoms with Crippen LogP contribution in [0.2, 0.25) is 0 Å². The topological polar surface area (TPSA) is 98.4 Å². The van der Waals surface area contributed by atoms with Crippen molar-refractivity contribution in [3.8, 4) is 22.7 Å². The fraction of sp³-hybridized carbons (Fsp3) is 0.306. The number of nitrogens with zero attached hydrogens (tertiary/aromatic N) is 7. The summed E-state index contributed by atoms with van der Waals surface area (Å²) in [5, 5.41) is 11.0. The number of aromatic nitrogens is 5. The van der Waals surface area contributed by atoms with Gasteiger partial charge in [-0.05, 0) is 61.6 Å². The lowest BCUT2D eigenvalue weighted by Crippen LogP contribution is -2.54. The van der Waals surface area contributed by atoms with Crippen LogP contribution in [-0.4, -0.2) is 61.0 Å². The second-order valence-corrected chi connectivity index (χ2v) is 13.4. The second-order valence-electron chi connectivity index (χ2n) is 12.9. The largest absolute Gasteiger partial charge is 0.486 e. The van der Waals surface area contributed by atoms with Crippen LogP contribution in [-0.2, 0) is 17.9 Å². The van der Waals surface area contributed by atoms with Crippen molar-refractivity contribution in [2.45, 2.75) is 51.8 Å². The van der Waals surface area contributed by atoms with E-state index in [9.17, 15) is 9.59 Å². The Hall–Kier alpha value is -4.89. The number of rotatable bonds is 6. The van der Waals surface area contributed by atoms with Crippen molar-refractivity contribution in [3.63, 3.8) is 0 Å². The molecule has 244 valence electrons. The summed E-state index contributed by atoms with van der Waals surface area (Å²) in [5.74, 6) is 1.15. The number of aryl methyl sites for hydroxylation is 1. The van der Waals surface area contributed by atoms with Crippen molar-refractivity contribution in [3.05, 3.63) is 99.9 Å². The van der Waals surface area contributed by atoms with Crippen molar-refractivity contribution < 1.29 is 13.9 Å². The first-order valence-electron chi connectivity index (χ1n) is 16.2. The number of carbonyl (C=O) groups excluding carboxylic acids is 1. The smallest absolute Gasteiger partial charge is 0.356 e. The third-order valence-corrected chi connectivity index (χ3v) is 10.2. The van der Waals surface area contributed by atoms with E-state index in [1.165, 1.54) is 12.1 Å².